The lowest BCUT2D eigenvalue weighted by Crippen LogP contribution is -2.24. The first-order valence-electron chi connectivity index (χ1n) is 5.78. The standard InChI is InChI=1S/C13H18BrN/c1-11-6-7-13(12(14)10-11)15-8-4-2-3-5-9-15/h6-7,10H,2-5,8-9H2,1H3. The van der Waals surface area contributed by atoms with E-state index in [0.717, 1.165) is 0 Å². The summed E-state index contributed by atoms with van der Waals surface area (Å²) in [6, 6.07) is 6.65. The minimum atomic E-state index is 1.21. The Morgan fingerprint density at radius 2 is 1.73 bits per heavy atom. The quantitative estimate of drug-likeness (QED) is 0.740. The largest absolute Gasteiger partial charge is 0.371 e. The minimum Gasteiger partial charge on any atom is -0.371 e. The van der Waals surface area contributed by atoms with Crippen molar-refractivity contribution in [3.63, 3.8) is 0 Å². The molecule has 0 spiro atoms. The highest BCUT2D eigenvalue weighted by molar-refractivity contribution is 9.10. The third-order valence-corrected chi connectivity index (χ3v) is 3.69. The van der Waals surface area contributed by atoms with Gasteiger partial charge in [-0.05, 0) is 53.4 Å². The summed E-state index contributed by atoms with van der Waals surface area (Å²) in [6.07, 6.45) is 5.45. The molecule has 0 atom stereocenters. The van der Waals surface area contributed by atoms with Gasteiger partial charge in [0.2, 0.25) is 0 Å². The molecule has 0 saturated carbocycles. The van der Waals surface area contributed by atoms with Crippen LogP contribution in [0.5, 0.6) is 0 Å². The molecule has 1 heterocycles. The normalized spacial score (nSPS) is 17.6. The van der Waals surface area contributed by atoms with E-state index in [9.17, 15) is 0 Å². The van der Waals surface area contributed by atoms with Gasteiger partial charge in [-0.1, -0.05) is 18.9 Å². The van der Waals surface area contributed by atoms with Gasteiger partial charge in [0.1, 0.15) is 0 Å². The molecule has 1 aromatic carbocycles. The van der Waals surface area contributed by atoms with E-state index in [1.54, 1.807) is 0 Å². The van der Waals surface area contributed by atoms with Gasteiger partial charge in [0.15, 0.2) is 0 Å². The molecule has 0 N–H and O–H groups in total. The summed E-state index contributed by atoms with van der Waals surface area (Å²) in [5.41, 5.74) is 2.68. The second kappa shape index (κ2) is 5.02. The van der Waals surface area contributed by atoms with Gasteiger partial charge in [-0.3, -0.25) is 0 Å². The predicted octanol–water partition coefficient (Wildman–Crippen LogP) is 4.14. The van der Waals surface area contributed by atoms with E-state index in [1.165, 1.54) is 54.5 Å². The van der Waals surface area contributed by atoms with Gasteiger partial charge in [-0.15, -0.1) is 0 Å². The van der Waals surface area contributed by atoms with Crippen LogP contribution in [0.25, 0.3) is 0 Å². The fraction of sp³-hybridized carbons (Fsp3) is 0.538. The average molecular weight is 268 g/mol. The van der Waals surface area contributed by atoms with E-state index in [2.05, 4.69) is 46.0 Å². The van der Waals surface area contributed by atoms with Gasteiger partial charge in [0.25, 0.3) is 0 Å². The Hall–Kier alpha value is -0.500. The lowest BCUT2D eigenvalue weighted by molar-refractivity contribution is 0.726. The lowest BCUT2D eigenvalue weighted by Gasteiger charge is -2.24. The van der Waals surface area contributed by atoms with Crippen molar-refractivity contribution in [1.82, 2.24) is 0 Å². The molecule has 2 rings (SSSR count). The highest BCUT2D eigenvalue weighted by Gasteiger charge is 2.12. The minimum absolute atomic E-state index is 1.21. The summed E-state index contributed by atoms with van der Waals surface area (Å²) < 4.78 is 1.24. The van der Waals surface area contributed by atoms with Crippen LogP contribution in [0.4, 0.5) is 5.69 Å². The molecule has 1 aliphatic heterocycles. The van der Waals surface area contributed by atoms with Crippen molar-refractivity contribution in [2.45, 2.75) is 32.6 Å². The smallest absolute Gasteiger partial charge is 0.0510 e. The summed E-state index contributed by atoms with van der Waals surface area (Å²) in [4.78, 5) is 2.51. The van der Waals surface area contributed by atoms with E-state index < -0.39 is 0 Å². The van der Waals surface area contributed by atoms with Crippen molar-refractivity contribution >= 4 is 21.6 Å². The summed E-state index contributed by atoms with van der Waals surface area (Å²) in [7, 11) is 0. The first-order chi connectivity index (χ1) is 7.27. The van der Waals surface area contributed by atoms with Crippen molar-refractivity contribution in [3.8, 4) is 0 Å². The second-order valence-corrected chi connectivity index (χ2v) is 5.21. The van der Waals surface area contributed by atoms with Crippen LogP contribution in [0, 0.1) is 6.92 Å². The van der Waals surface area contributed by atoms with Gasteiger partial charge in [-0.25, -0.2) is 0 Å². The van der Waals surface area contributed by atoms with Crippen LogP contribution < -0.4 is 4.90 Å². The number of benzene rings is 1. The zero-order valence-corrected chi connectivity index (χ0v) is 10.9. The highest BCUT2D eigenvalue weighted by atomic mass is 79.9. The lowest BCUT2D eigenvalue weighted by atomic mass is 10.2. The molecule has 1 saturated heterocycles. The summed E-state index contributed by atoms with van der Waals surface area (Å²) in [6.45, 7) is 4.56. The van der Waals surface area contributed by atoms with Crippen molar-refractivity contribution in [2.24, 2.45) is 0 Å². The van der Waals surface area contributed by atoms with Crippen molar-refractivity contribution in [1.29, 1.82) is 0 Å². The van der Waals surface area contributed by atoms with Crippen LogP contribution >= 0.6 is 15.9 Å². The highest BCUT2D eigenvalue weighted by Crippen LogP contribution is 2.28. The molecule has 0 bridgehead atoms. The molecule has 0 aliphatic carbocycles. The number of halogens is 1. The Morgan fingerprint density at radius 3 is 2.33 bits per heavy atom. The number of nitrogens with zero attached hydrogens (tertiary/aromatic N) is 1. The molecule has 0 amide bonds. The van der Waals surface area contributed by atoms with E-state index in [0.29, 0.717) is 0 Å². The zero-order chi connectivity index (χ0) is 10.7. The molecule has 82 valence electrons. The maximum absolute atomic E-state index is 3.67. The monoisotopic (exact) mass is 267 g/mol. The molecule has 1 nitrogen and oxygen atoms in total. The fourth-order valence-corrected chi connectivity index (χ4v) is 2.92. The first kappa shape index (κ1) is 11.0. The van der Waals surface area contributed by atoms with Gasteiger partial charge in [0, 0.05) is 17.6 Å². The van der Waals surface area contributed by atoms with Crippen molar-refractivity contribution in [3.05, 3.63) is 28.2 Å². The van der Waals surface area contributed by atoms with Crippen LogP contribution in [0.1, 0.15) is 31.2 Å². The Kier molecular flexibility index (Phi) is 3.68. The molecular weight excluding hydrogens is 250 g/mol. The van der Waals surface area contributed by atoms with E-state index >= 15 is 0 Å². The van der Waals surface area contributed by atoms with Crippen LogP contribution in [0.3, 0.4) is 0 Å². The summed E-state index contributed by atoms with van der Waals surface area (Å²) in [5, 5.41) is 0. The number of rotatable bonds is 1. The topological polar surface area (TPSA) is 3.24 Å². The van der Waals surface area contributed by atoms with Gasteiger partial charge < -0.3 is 4.90 Å². The van der Waals surface area contributed by atoms with E-state index in [1.807, 2.05) is 0 Å². The van der Waals surface area contributed by atoms with Crippen molar-refractivity contribution in [2.75, 3.05) is 18.0 Å². The van der Waals surface area contributed by atoms with Crippen molar-refractivity contribution < 1.29 is 0 Å². The molecule has 0 aromatic heterocycles. The number of hydrogen-bond donors (Lipinski definition) is 0. The number of hydrogen-bond acceptors (Lipinski definition) is 1. The maximum Gasteiger partial charge on any atom is 0.0510 e. The molecule has 0 radical (unpaired) electrons. The van der Waals surface area contributed by atoms with Crippen LogP contribution in [-0.2, 0) is 0 Å². The number of anilines is 1. The SMILES string of the molecule is Cc1ccc(N2CCCCCC2)c(Br)c1. The summed E-state index contributed by atoms with van der Waals surface area (Å²) >= 11 is 3.67. The fourth-order valence-electron chi connectivity index (χ4n) is 2.18. The third-order valence-electron chi connectivity index (χ3n) is 3.05. The Morgan fingerprint density at radius 1 is 1.07 bits per heavy atom. The van der Waals surface area contributed by atoms with E-state index in [4.69, 9.17) is 0 Å². The molecule has 2 heteroatoms. The number of aryl methyl sites for hydroxylation is 1. The average Bonchev–Trinajstić information content (AvgIpc) is 2.46. The Bertz CT molecular complexity index is 327. The zero-order valence-electron chi connectivity index (χ0n) is 9.30. The molecule has 1 aliphatic rings. The molecule has 15 heavy (non-hydrogen) atoms. The molecule has 1 fully saturated rings. The van der Waals surface area contributed by atoms with Crippen LogP contribution in [-0.4, -0.2) is 13.1 Å². The Labute approximate surface area is 101 Å². The summed E-state index contributed by atoms with van der Waals surface area (Å²) in [5.74, 6) is 0. The van der Waals surface area contributed by atoms with Crippen LogP contribution in [0.15, 0.2) is 22.7 Å². The van der Waals surface area contributed by atoms with Gasteiger partial charge >= 0.3 is 0 Å². The van der Waals surface area contributed by atoms with Crippen LogP contribution in [0.2, 0.25) is 0 Å². The molecule has 1 aromatic rings. The van der Waals surface area contributed by atoms with Gasteiger partial charge in [-0.2, -0.15) is 0 Å². The van der Waals surface area contributed by atoms with Gasteiger partial charge in [0.05, 0.1) is 5.69 Å². The predicted molar refractivity (Wildman–Crippen MR) is 69.6 cm³/mol. The third kappa shape index (κ3) is 2.75. The van der Waals surface area contributed by atoms with E-state index in [-0.39, 0.29) is 0 Å². The maximum atomic E-state index is 3.67. The first-order valence-corrected chi connectivity index (χ1v) is 6.58. The second-order valence-electron chi connectivity index (χ2n) is 4.36. The molecular formula is C13H18BrN. The Balaban J connectivity index is 2.19. The molecule has 0 unspecified atom stereocenters.